The molecule has 1 atom stereocenters. The number of hydrogen-bond acceptors (Lipinski definition) is 4. The minimum atomic E-state index is -0.579. The maximum absolute atomic E-state index is 9.83. The van der Waals surface area contributed by atoms with Crippen molar-refractivity contribution in [3.05, 3.63) is 18.1 Å². The van der Waals surface area contributed by atoms with Crippen molar-refractivity contribution in [3.8, 4) is 0 Å². The van der Waals surface area contributed by atoms with Crippen molar-refractivity contribution < 1.29 is 5.11 Å². The van der Waals surface area contributed by atoms with Crippen molar-refractivity contribution in [1.82, 2.24) is 9.97 Å². The van der Waals surface area contributed by atoms with Gasteiger partial charge in [0.15, 0.2) is 0 Å². The van der Waals surface area contributed by atoms with E-state index in [0.29, 0.717) is 6.54 Å². The monoisotopic (exact) mass is 193 g/mol. The van der Waals surface area contributed by atoms with Crippen LogP contribution in [0.4, 0.5) is 5.82 Å². The van der Waals surface area contributed by atoms with Gasteiger partial charge in [0.05, 0.1) is 11.3 Å². The second kappa shape index (κ2) is 3.20. The number of anilines is 1. The molecule has 0 aromatic carbocycles. The summed E-state index contributed by atoms with van der Waals surface area (Å²) in [7, 11) is 0. The van der Waals surface area contributed by atoms with E-state index in [2.05, 4.69) is 14.9 Å². The van der Waals surface area contributed by atoms with E-state index >= 15 is 0 Å². The molecule has 0 radical (unpaired) electrons. The van der Waals surface area contributed by atoms with Gasteiger partial charge < -0.3 is 10.0 Å². The quantitative estimate of drug-likeness (QED) is 0.715. The fourth-order valence-electron chi connectivity index (χ4n) is 1.84. The van der Waals surface area contributed by atoms with Gasteiger partial charge in [-0.3, -0.25) is 4.98 Å². The third-order valence-corrected chi connectivity index (χ3v) is 2.61. The van der Waals surface area contributed by atoms with Crippen LogP contribution in [-0.4, -0.2) is 33.8 Å². The van der Waals surface area contributed by atoms with Gasteiger partial charge in [0.1, 0.15) is 5.82 Å². The lowest BCUT2D eigenvalue weighted by Crippen LogP contribution is -2.30. The van der Waals surface area contributed by atoms with E-state index in [4.69, 9.17) is 0 Å². The number of aliphatic hydroxyl groups is 1. The first-order chi connectivity index (χ1) is 6.58. The third kappa shape index (κ3) is 1.70. The highest BCUT2D eigenvalue weighted by Crippen LogP contribution is 2.25. The molecule has 1 aromatic heterocycles. The number of aromatic nitrogens is 2. The summed E-state index contributed by atoms with van der Waals surface area (Å²) in [4.78, 5) is 10.5. The molecule has 0 spiro atoms. The Balaban J connectivity index is 2.22. The largest absolute Gasteiger partial charge is 0.388 e. The second-order valence-corrected chi connectivity index (χ2v) is 4.13. The second-order valence-electron chi connectivity index (χ2n) is 4.13. The average Bonchev–Trinajstić information content (AvgIpc) is 2.47. The summed E-state index contributed by atoms with van der Waals surface area (Å²) >= 11 is 0. The maximum Gasteiger partial charge on any atom is 0.150 e. The van der Waals surface area contributed by atoms with Crippen LogP contribution in [0.2, 0.25) is 0 Å². The molecule has 1 fully saturated rings. The first-order valence-electron chi connectivity index (χ1n) is 4.83. The van der Waals surface area contributed by atoms with Crippen molar-refractivity contribution in [2.24, 2.45) is 0 Å². The van der Waals surface area contributed by atoms with Crippen molar-refractivity contribution in [2.45, 2.75) is 25.9 Å². The Kier molecular flexibility index (Phi) is 2.15. The Hall–Kier alpha value is -1.16. The lowest BCUT2D eigenvalue weighted by Gasteiger charge is -2.20. The molecule has 1 aromatic rings. The van der Waals surface area contributed by atoms with Crippen molar-refractivity contribution in [2.75, 3.05) is 18.0 Å². The Labute approximate surface area is 83.6 Å². The van der Waals surface area contributed by atoms with Crippen LogP contribution in [0.3, 0.4) is 0 Å². The van der Waals surface area contributed by atoms with Crippen molar-refractivity contribution in [1.29, 1.82) is 0 Å². The van der Waals surface area contributed by atoms with Gasteiger partial charge in [-0.1, -0.05) is 0 Å². The molecule has 1 aliphatic rings. The summed E-state index contributed by atoms with van der Waals surface area (Å²) in [6.07, 6.45) is 4.17. The first-order valence-corrected chi connectivity index (χ1v) is 4.83. The lowest BCUT2D eigenvalue weighted by atomic mass is 10.1. The minimum Gasteiger partial charge on any atom is -0.388 e. The van der Waals surface area contributed by atoms with Crippen LogP contribution in [0.5, 0.6) is 0 Å². The molecular weight excluding hydrogens is 178 g/mol. The third-order valence-electron chi connectivity index (χ3n) is 2.61. The zero-order chi connectivity index (χ0) is 10.2. The topological polar surface area (TPSA) is 49.2 Å². The van der Waals surface area contributed by atoms with Crippen LogP contribution in [0.15, 0.2) is 12.4 Å². The molecule has 0 bridgehead atoms. The molecule has 1 unspecified atom stereocenters. The lowest BCUT2D eigenvalue weighted by molar-refractivity contribution is 0.0839. The van der Waals surface area contributed by atoms with Crippen LogP contribution in [-0.2, 0) is 0 Å². The molecule has 1 N–H and O–H groups in total. The predicted molar refractivity (Wildman–Crippen MR) is 54.2 cm³/mol. The van der Waals surface area contributed by atoms with Gasteiger partial charge in [-0.15, -0.1) is 0 Å². The highest BCUT2D eigenvalue weighted by atomic mass is 16.3. The first kappa shape index (κ1) is 9.40. The molecule has 14 heavy (non-hydrogen) atoms. The highest BCUT2D eigenvalue weighted by molar-refractivity contribution is 5.44. The predicted octanol–water partition coefficient (Wildman–Crippen LogP) is 0.746. The van der Waals surface area contributed by atoms with E-state index < -0.39 is 5.60 Å². The molecule has 2 heterocycles. The Morgan fingerprint density at radius 1 is 1.43 bits per heavy atom. The van der Waals surface area contributed by atoms with E-state index in [-0.39, 0.29) is 0 Å². The molecule has 4 heteroatoms. The number of β-amino-alcohol motifs (C(OH)–C–C–N with tert-alkyl or cyclic N) is 1. The molecule has 4 nitrogen and oxygen atoms in total. The van der Waals surface area contributed by atoms with Gasteiger partial charge >= 0.3 is 0 Å². The zero-order valence-electron chi connectivity index (χ0n) is 8.56. The molecule has 1 saturated heterocycles. The van der Waals surface area contributed by atoms with Crippen LogP contribution >= 0.6 is 0 Å². The van der Waals surface area contributed by atoms with E-state index in [1.807, 2.05) is 13.8 Å². The number of nitrogens with zero attached hydrogens (tertiary/aromatic N) is 3. The SMILES string of the molecule is Cc1nccnc1N1CCC(C)(O)C1. The normalized spacial score (nSPS) is 26.9. The Morgan fingerprint density at radius 3 is 2.71 bits per heavy atom. The van der Waals surface area contributed by atoms with Gasteiger partial charge in [-0.05, 0) is 20.3 Å². The van der Waals surface area contributed by atoms with Crippen LogP contribution in [0, 0.1) is 6.92 Å². The molecule has 76 valence electrons. The molecule has 0 amide bonds. The molecule has 1 aliphatic heterocycles. The Bertz CT molecular complexity index is 338. The van der Waals surface area contributed by atoms with Gasteiger partial charge in [0.2, 0.25) is 0 Å². The number of hydrogen-bond donors (Lipinski definition) is 1. The average molecular weight is 193 g/mol. The highest BCUT2D eigenvalue weighted by Gasteiger charge is 2.32. The Morgan fingerprint density at radius 2 is 2.14 bits per heavy atom. The summed E-state index contributed by atoms with van der Waals surface area (Å²) in [5, 5.41) is 9.83. The summed E-state index contributed by atoms with van der Waals surface area (Å²) < 4.78 is 0. The maximum atomic E-state index is 9.83. The summed E-state index contributed by atoms with van der Waals surface area (Å²) in [5.41, 5.74) is 0.342. The standard InChI is InChI=1S/C10H15N3O/c1-8-9(12-5-4-11-8)13-6-3-10(2,14)7-13/h4-5,14H,3,6-7H2,1-2H3. The van der Waals surface area contributed by atoms with Crippen LogP contribution in [0.1, 0.15) is 19.0 Å². The molecule has 0 aliphatic carbocycles. The summed E-state index contributed by atoms with van der Waals surface area (Å²) in [6, 6.07) is 0. The molecule has 2 rings (SSSR count). The van der Waals surface area contributed by atoms with Gasteiger partial charge in [0.25, 0.3) is 0 Å². The molecular formula is C10H15N3O. The van der Waals surface area contributed by atoms with Crippen molar-refractivity contribution in [3.63, 3.8) is 0 Å². The van der Waals surface area contributed by atoms with Crippen LogP contribution < -0.4 is 4.90 Å². The van der Waals surface area contributed by atoms with Crippen molar-refractivity contribution >= 4 is 5.82 Å². The minimum absolute atomic E-state index is 0.579. The zero-order valence-corrected chi connectivity index (χ0v) is 8.56. The van der Waals surface area contributed by atoms with E-state index in [1.165, 1.54) is 0 Å². The van der Waals surface area contributed by atoms with Gasteiger partial charge in [0, 0.05) is 25.5 Å². The van der Waals surface area contributed by atoms with E-state index in [9.17, 15) is 5.11 Å². The van der Waals surface area contributed by atoms with Gasteiger partial charge in [-0.2, -0.15) is 0 Å². The fourth-order valence-corrected chi connectivity index (χ4v) is 1.84. The number of aryl methyl sites for hydroxylation is 1. The van der Waals surface area contributed by atoms with E-state index in [0.717, 1.165) is 24.5 Å². The fraction of sp³-hybridized carbons (Fsp3) is 0.600. The summed E-state index contributed by atoms with van der Waals surface area (Å²) in [6.45, 7) is 5.30. The van der Waals surface area contributed by atoms with Crippen LogP contribution in [0.25, 0.3) is 0 Å². The number of rotatable bonds is 1. The molecule has 0 saturated carbocycles. The summed E-state index contributed by atoms with van der Waals surface area (Å²) in [5.74, 6) is 0.894. The van der Waals surface area contributed by atoms with E-state index in [1.54, 1.807) is 12.4 Å². The van der Waals surface area contributed by atoms with Gasteiger partial charge in [-0.25, -0.2) is 4.98 Å². The smallest absolute Gasteiger partial charge is 0.150 e.